The summed E-state index contributed by atoms with van der Waals surface area (Å²) in [5.41, 5.74) is 3.22. The van der Waals surface area contributed by atoms with Gasteiger partial charge in [-0.25, -0.2) is 0 Å². The highest BCUT2D eigenvalue weighted by Gasteiger charge is 2.34. The fourth-order valence-electron chi connectivity index (χ4n) is 3.81. The van der Waals surface area contributed by atoms with Crippen molar-refractivity contribution in [2.24, 2.45) is 5.41 Å². The van der Waals surface area contributed by atoms with E-state index in [4.69, 9.17) is 0 Å². The maximum absolute atomic E-state index is 2.44. The van der Waals surface area contributed by atoms with Crippen molar-refractivity contribution in [1.82, 2.24) is 0 Å². The fourth-order valence-corrected chi connectivity index (χ4v) is 3.81. The lowest BCUT2D eigenvalue weighted by molar-refractivity contribution is 0.230. The maximum Gasteiger partial charge on any atom is -0.00444 e. The molecule has 0 heterocycles. The molecule has 0 heteroatoms. The molecular weight excluding hydrogens is 264 g/mol. The van der Waals surface area contributed by atoms with Crippen LogP contribution in [0, 0.1) is 5.41 Å². The van der Waals surface area contributed by atoms with Gasteiger partial charge in [-0.1, -0.05) is 101 Å². The first-order valence-electron chi connectivity index (χ1n) is 8.66. The lowest BCUT2D eigenvalue weighted by atomic mass is 9.65. The van der Waals surface area contributed by atoms with Gasteiger partial charge in [0.1, 0.15) is 0 Å². The highest BCUT2D eigenvalue weighted by Crippen LogP contribution is 2.47. The molecule has 0 bridgehead atoms. The van der Waals surface area contributed by atoms with Gasteiger partial charge in [-0.2, -0.15) is 0 Å². The third kappa shape index (κ3) is 4.00. The molecule has 0 saturated carbocycles. The second-order valence-electron chi connectivity index (χ2n) is 7.18. The Balaban J connectivity index is 2.37. The van der Waals surface area contributed by atoms with E-state index >= 15 is 0 Å². The van der Waals surface area contributed by atoms with E-state index in [1.165, 1.54) is 30.4 Å². The molecule has 2 aromatic carbocycles. The van der Waals surface area contributed by atoms with Crippen molar-refractivity contribution >= 4 is 0 Å². The van der Waals surface area contributed by atoms with Crippen LogP contribution in [0.1, 0.15) is 69.9 Å². The van der Waals surface area contributed by atoms with Crippen LogP contribution in [-0.2, 0) is 0 Å². The standard InChI is InChI=1S/C22H30/c1-5-6-17-22(3,4)21(20-15-11-8-12-16-20)18(2)19-13-9-7-10-14-19/h7-16,18,21H,5-6,17H2,1-4H3. The van der Waals surface area contributed by atoms with Gasteiger partial charge < -0.3 is 0 Å². The molecule has 0 aromatic heterocycles. The van der Waals surface area contributed by atoms with E-state index in [1.807, 2.05) is 0 Å². The Morgan fingerprint density at radius 1 is 0.818 bits per heavy atom. The second-order valence-corrected chi connectivity index (χ2v) is 7.18. The molecule has 0 saturated heterocycles. The molecule has 0 radical (unpaired) electrons. The smallest absolute Gasteiger partial charge is 0.00444 e. The molecule has 2 aromatic rings. The third-order valence-electron chi connectivity index (χ3n) is 5.00. The van der Waals surface area contributed by atoms with Crippen LogP contribution in [0.25, 0.3) is 0 Å². The van der Waals surface area contributed by atoms with Gasteiger partial charge in [0, 0.05) is 0 Å². The molecule has 0 spiro atoms. The molecule has 2 unspecified atom stereocenters. The Kier molecular flexibility index (Phi) is 5.83. The number of rotatable bonds is 7. The maximum atomic E-state index is 2.44. The van der Waals surface area contributed by atoms with Gasteiger partial charge in [0.2, 0.25) is 0 Å². The average molecular weight is 294 g/mol. The molecule has 0 aliphatic heterocycles. The molecule has 0 amide bonds. The van der Waals surface area contributed by atoms with Crippen molar-refractivity contribution in [3.05, 3.63) is 71.8 Å². The Bertz CT molecular complexity index is 539. The zero-order valence-electron chi connectivity index (χ0n) is 14.5. The van der Waals surface area contributed by atoms with Gasteiger partial charge in [-0.05, 0) is 34.8 Å². The molecule has 2 atom stereocenters. The predicted molar refractivity (Wildman–Crippen MR) is 97.3 cm³/mol. The van der Waals surface area contributed by atoms with Crippen molar-refractivity contribution in [2.45, 2.75) is 58.8 Å². The topological polar surface area (TPSA) is 0 Å². The van der Waals surface area contributed by atoms with E-state index in [-0.39, 0.29) is 0 Å². The summed E-state index contributed by atoms with van der Waals surface area (Å²) in [6.45, 7) is 9.56. The molecule has 2 rings (SSSR count). The van der Waals surface area contributed by atoms with Crippen molar-refractivity contribution in [1.29, 1.82) is 0 Å². The lowest BCUT2D eigenvalue weighted by Gasteiger charge is -2.39. The van der Waals surface area contributed by atoms with E-state index in [9.17, 15) is 0 Å². The van der Waals surface area contributed by atoms with Gasteiger partial charge in [0.15, 0.2) is 0 Å². The Morgan fingerprint density at radius 2 is 1.32 bits per heavy atom. The van der Waals surface area contributed by atoms with Crippen LogP contribution in [0.4, 0.5) is 0 Å². The van der Waals surface area contributed by atoms with Crippen LogP contribution >= 0.6 is 0 Å². The average Bonchev–Trinajstić information content (AvgIpc) is 2.54. The summed E-state index contributed by atoms with van der Waals surface area (Å²) in [4.78, 5) is 0. The molecule has 0 fully saturated rings. The van der Waals surface area contributed by atoms with Crippen LogP contribution in [0.3, 0.4) is 0 Å². The minimum Gasteiger partial charge on any atom is -0.0654 e. The van der Waals surface area contributed by atoms with Gasteiger partial charge >= 0.3 is 0 Å². The first-order chi connectivity index (χ1) is 10.6. The Morgan fingerprint density at radius 3 is 1.82 bits per heavy atom. The monoisotopic (exact) mass is 294 g/mol. The first-order valence-corrected chi connectivity index (χ1v) is 8.66. The highest BCUT2D eigenvalue weighted by atomic mass is 14.4. The lowest BCUT2D eigenvalue weighted by Crippen LogP contribution is -2.26. The summed E-state index contributed by atoms with van der Waals surface area (Å²) in [6, 6.07) is 22.1. The van der Waals surface area contributed by atoms with E-state index in [2.05, 4.69) is 88.4 Å². The van der Waals surface area contributed by atoms with Crippen molar-refractivity contribution in [3.8, 4) is 0 Å². The Hall–Kier alpha value is -1.56. The quantitative estimate of drug-likeness (QED) is 0.527. The van der Waals surface area contributed by atoms with Crippen LogP contribution in [0.5, 0.6) is 0 Å². The number of unbranched alkanes of at least 4 members (excludes halogenated alkanes) is 1. The SMILES string of the molecule is CCCCC(C)(C)C(c1ccccc1)C(C)c1ccccc1. The molecule has 0 nitrogen and oxygen atoms in total. The molecule has 0 aliphatic carbocycles. The van der Waals surface area contributed by atoms with E-state index < -0.39 is 0 Å². The third-order valence-corrected chi connectivity index (χ3v) is 5.00. The van der Waals surface area contributed by atoms with Gasteiger partial charge in [0.05, 0.1) is 0 Å². The minimum atomic E-state index is 0.298. The van der Waals surface area contributed by atoms with Crippen LogP contribution < -0.4 is 0 Å². The first kappa shape index (κ1) is 16.8. The summed E-state index contributed by atoms with van der Waals surface area (Å²) < 4.78 is 0. The zero-order chi connectivity index (χ0) is 16.0. The molecular formula is C22H30. The fraction of sp³-hybridized carbons (Fsp3) is 0.455. The minimum absolute atomic E-state index is 0.298. The highest BCUT2D eigenvalue weighted by molar-refractivity contribution is 5.30. The van der Waals surface area contributed by atoms with E-state index in [0.717, 1.165) is 0 Å². The Labute approximate surface area is 136 Å². The summed E-state index contributed by atoms with van der Waals surface area (Å²) in [7, 11) is 0. The second kappa shape index (κ2) is 7.63. The zero-order valence-corrected chi connectivity index (χ0v) is 14.5. The van der Waals surface area contributed by atoms with Gasteiger partial charge in [-0.15, -0.1) is 0 Å². The van der Waals surface area contributed by atoms with Crippen LogP contribution in [0.2, 0.25) is 0 Å². The number of hydrogen-bond donors (Lipinski definition) is 0. The molecule has 22 heavy (non-hydrogen) atoms. The summed E-state index contributed by atoms with van der Waals surface area (Å²) in [5, 5.41) is 0. The summed E-state index contributed by atoms with van der Waals surface area (Å²) in [6.07, 6.45) is 3.85. The predicted octanol–water partition coefficient (Wildman–Crippen LogP) is 6.79. The van der Waals surface area contributed by atoms with Crippen LogP contribution in [0.15, 0.2) is 60.7 Å². The summed E-state index contributed by atoms with van der Waals surface area (Å²) >= 11 is 0. The number of benzene rings is 2. The molecule has 0 aliphatic rings. The molecule has 0 N–H and O–H groups in total. The van der Waals surface area contributed by atoms with E-state index in [0.29, 0.717) is 17.3 Å². The number of hydrogen-bond acceptors (Lipinski definition) is 0. The molecule has 118 valence electrons. The van der Waals surface area contributed by atoms with Crippen LogP contribution in [-0.4, -0.2) is 0 Å². The van der Waals surface area contributed by atoms with Gasteiger partial charge in [0.25, 0.3) is 0 Å². The normalized spacial score (nSPS) is 14.5. The largest absolute Gasteiger partial charge is 0.0654 e. The van der Waals surface area contributed by atoms with Crippen molar-refractivity contribution < 1.29 is 0 Å². The summed E-state index contributed by atoms with van der Waals surface area (Å²) in [5.74, 6) is 1.07. The van der Waals surface area contributed by atoms with E-state index in [1.54, 1.807) is 0 Å². The van der Waals surface area contributed by atoms with Crippen molar-refractivity contribution in [3.63, 3.8) is 0 Å². The van der Waals surface area contributed by atoms with Gasteiger partial charge in [-0.3, -0.25) is 0 Å². The van der Waals surface area contributed by atoms with Crippen molar-refractivity contribution in [2.75, 3.05) is 0 Å².